The second kappa shape index (κ2) is 7.33. The van der Waals surface area contributed by atoms with Gasteiger partial charge in [0.15, 0.2) is 0 Å². The molecule has 0 aliphatic heterocycles. The number of rotatable bonds is 1. The van der Waals surface area contributed by atoms with Crippen molar-refractivity contribution < 1.29 is 0 Å². The highest BCUT2D eigenvalue weighted by Crippen LogP contribution is 2.06. The van der Waals surface area contributed by atoms with E-state index in [-0.39, 0.29) is 14.9 Å². The third-order valence-electron chi connectivity index (χ3n) is 1.46. The lowest BCUT2D eigenvalue weighted by Crippen LogP contribution is -1.69. The minimum atomic E-state index is 0. The van der Waals surface area contributed by atoms with E-state index in [1.165, 1.54) is 5.57 Å². The topological polar surface area (TPSA) is 0 Å². The van der Waals surface area contributed by atoms with Crippen molar-refractivity contribution in [1.82, 2.24) is 0 Å². The summed E-state index contributed by atoms with van der Waals surface area (Å²) in [6.45, 7) is 2.18. The number of hydrogen-bond acceptors (Lipinski definition) is 0. The SMILES string of the molecule is C.C.CCC1=CC=CCC=C1. The maximum atomic E-state index is 2.19. The predicted molar refractivity (Wildman–Crippen MR) is 54.7 cm³/mol. The van der Waals surface area contributed by atoms with E-state index < -0.39 is 0 Å². The van der Waals surface area contributed by atoms with Gasteiger partial charge < -0.3 is 0 Å². The molecule has 0 saturated heterocycles. The fraction of sp³-hybridized carbons (Fsp3) is 0.455. The summed E-state index contributed by atoms with van der Waals surface area (Å²) >= 11 is 0. The fourth-order valence-corrected chi connectivity index (χ4v) is 0.859. The average Bonchev–Trinajstić information content (AvgIpc) is 2.13. The van der Waals surface area contributed by atoms with Crippen LogP contribution in [0, 0.1) is 0 Å². The van der Waals surface area contributed by atoms with E-state index in [2.05, 4.69) is 37.3 Å². The Kier molecular flexibility index (Phi) is 8.57. The molecular weight excluding hydrogens is 132 g/mol. The van der Waals surface area contributed by atoms with Gasteiger partial charge in [-0.25, -0.2) is 0 Å². The van der Waals surface area contributed by atoms with Crippen molar-refractivity contribution in [3.63, 3.8) is 0 Å². The highest BCUT2D eigenvalue weighted by molar-refractivity contribution is 5.26. The quantitative estimate of drug-likeness (QED) is 0.530. The minimum absolute atomic E-state index is 0. The monoisotopic (exact) mass is 152 g/mol. The highest BCUT2D eigenvalue weighted by atomic mass is 13.9. The summed E-state index contributed by atoms with van der Waals surface area (Å²) in [7, 11) is 0. The molecule has 0 radical (unpaired) electrons. The Balaban J connectivity index is 0. The standard InChI is InChI=1S/C9H12.2CH4/c1-2-9-7-5-3-4-6-8-9;;/h3,5-8H,2,4H2,1H3;2*1H4. The number of allylic oxidation sites excluding steroid dienone is 6. The van der Waals surface area contributed by atoms with E-state index in [0.717, 1.165) is 12.8 Å². The summed E-state index contributed by atoms with van der Waals surface area (Å²) in [5.41, 5.74) is 1.42. The first kappa shape index (κ1) is 12.9. The molecule has 0 N–H and O–H groups in total. The van der Waals surface area contributed by atoms with E-state index in [1.807, 2.05) is 0 Å². The van der Waals surface area contributed by atoms with Crippen molar-refractivity contribution in [3.05, 3.63) is 36.0 Å². The van der Waals surface area contributed by atoms with Gasteiger partial charge in [0.1, 0.15) is 0 Å². The van der Waals surface area contributed by atoms with E-state index in [1.54, 1.807) is 0 Å². The molecule has 0 nitrogen and oxygen atoms in total. The Morgan fingerprint density at radius 2 is 2.00 bits per heavy atom. The lowest BCUT2D eigenvalue weighted by atomic mass is 10.2. The van der Waals surface area contributed by atoms with Gasteiger partial charge in [-0.2, -0.15) is 0 Å². The zero-order chi connectivity index (χ0) is 6.53. The van der Waals surface area contributed by atoms with E-state index >= 15 is 0 Å². The van der Waals surface area contributed by atoms with Crippen LogP contribution in [0.25, 0.3) is 0 Å². The molecule has 1 rings (SSSR count). The minimum Gasteiger partial charge on any atom is -0.0807 e. The molecular formula is C11H20. The van der Waals surface area contributed by atoms with Gasteiger partial charge in [-0.1, -0.05) is 52.2 Å². The molecule has 0 heterocycles. The molecule has 0 aromatic heterocycles. The average molecular weight is 152 g/mol. The first-order valence-electron chi connectivity index (χ1n) is 3.45. The van der Waals surface area contributed by atoms with E-state index in [9.17, 15) is 0 Å². The molecule has 1 aliphatic rings. The van der Waals surface area contributed by atoms with Gasteiger partial charge in [0, 0.05) is 0 Å². The highest BCUT2D eigenvalue weighted by Gasteiger charge is 1.86. The Morgan fingerprint density at radius 1 is 1.27 bits per heavy atom. The van der Waals surface area contributed by atoms with Gasteiger partial charge >= 0.3 is 0 Å². The molecule has 1 aliphatic carbocycles. The summed E-state index contributed by atoms with van der Waals surface area (Å²) in [5, 5.41) is 0. The van der Waals surface area contributed by atoms with Crippen LogP contribution in [0.15, 0.2) is 36.0 Å². The zero-order valence-electron chi connectivity index (χ0n) is 5.80. The van der Waals surface area contributed by atoms with Crippen LogP contribution < -0.4 is 0 Å². The lowest BCUT2D eigenvalue weighted by Gasteiger charge is -1.89. The van der Waals surface area contributed by atoms with Crippen LogP contribution in [0.3, 0.4) is 0 Å². The molecule has 64 valence electrons. The van der Waals surface area contributed by atoms with Crippen LogP contribution in [0.2, 0.25) is 0 Å². The van der Waals surface area contributed by atoms with Gasteiger partial charge in [0.25, 0.3) is 0 Å². The molecule has 0 fully saturated rings. The zero-order valence-corrected chi connectivity index (χ0v) is 5.80. The van der Waals surface area contributed by atoms with Crippen LogP contribution in [0.4, 0.5) is 0 Å². The van der Waals surface area contributed by atoms with Crippen LogP contribution in [-0.2, 0) is 0 Å². The second-order valence-electron chi connectivity index (χ2n) is 2.16. The van der Waals surface area contributed by atoms with Crippen LogP contribution >= 0.6 is 0 Å². The van der Waals surface area contributed by atoms with Gasteiger partial charge in [-0.05, 0) is 18.4 Å². The van der Waals surface area contributed by atoms with Crippen molar-refractivity contribution in [2.24, 2.45) is 0 Å². The summed E-state index contributed by atoms with van der Waals surface area (Å²) in [6, 6.07) is 0. The Morgan fingerprint density at radius 3 is 2.64 bits per heavy atom. The van der Waals surface area contributed by atoms with Crippen LogP contribution in [0.1, 0.15) is 34.6 Å². The molecule has 0 saturated carbocycles. The normalized spacial score (nSPS) is 14.1. The Hall–Kier alpha value is -0.780. The molecule has 0 unspecified atom stereocenters. The van der Waals surface area contributed by atoms with Crippen molar-refractivity contribution in [2.45, 2.75) is 34.6 Å². The molecule has 0 aromatic carbocycles. The molecule has 0 amide bonds. The third-order valence-corrected chi connectivity index (χ3v) is 1.46. The molecule has 0 bridgehead atoms. The van der Waals surface area contributed by atoms with E-state index in [0.29, 0.717) is 0 Å². The predicted octanol–water partition coefficient (Wildman–Crippen LogP) is 4.11. The maximum Gasteiger partial charge on any atom is -0.0163 e. The molecule has 0 aromatic rings. The summed E-state index contributed by atoms with van der Waals surface area (Å²) < 4.78 is 0. The second-order valence-corrected chi connectivity index (χ2v) is 2.16. The summed E-state index contributed by atoms with van der Waals surface area (Å²) in [4.78, 5) is 0. The van der Waals surface area contributed by atoms with Crippen LogP contribution in [0.5, 0.6) is 0 Å². The molecule has 0 atom stereocenters. The van der Waals surface area contributed by atoms with E-state index in [4.69, 9.17) is 0 Å². The Labute approximate surface area is 71.3 Å². The summed E-state index contributed by atoms with van der Waals surface area (Å²) in [6.07, 6.45) is 13.1. The lowest BCUT2D eigenvalue weighted by molar-refractivity contribution is 1.15. The van der Waals surface area contributed by atoms with Gasteiger partial charge in [-0.3, -0.25) is 0 Å². The van der Waals surface area contributed by atoms with Crippen molar-refractivity contribution in [2.75, 3.05) is 0 Å². The molecule has 11 heavy (non-hydrogen) atoms. The van der Waals surface area contributed by atoms with Gasteiger partial charge in [-0.15, -0.1) is 0 Å². The maximum absolute atomic E-state index is 2.19. The Bertz CT molecular complexity index is 159. The largest absolute Gasteiger partial charge is 0.0807 e. The fourth-order valence-electron chi connectivity index (χ4n) is 0.859. The molecule has 0 spiro atoms. The number of hydrogen-bond donors (Lipinski definition) is 0. The first-order chi connectivity index (χ1) is 4.43. The molecule has 0 heteroatoms. The van der Waals surface area contributed by atoms with Crippen molar-refractivity contribution >= 4 is 0 Å². The van der Waals surface area contributed by atoms with Crippen molar-refractivity contribution in [3.8, 4) is 0 Å². The third kappa shape index (κ3) is 4.60. The van der Waals surface area contributed by atoms with Gasteiger partial charge in [0.05, 0.1) is 0 Å². The van der Waals surface area contributed by atoms with Crippen molar-refractivity contribution in [1.29, 1.82) is 0 Å². The van der Waals surface area contributed by atoms with Crippen LogP contribution in [-0.4, -0.2) is 0 Å². The smallest absolute Gasteiger partial charge is 0.0163 e. The summed E-state index contributed by atoms with van der Waals surface area (Å²) in [5.74, 6) is 0. The van der Waals surface area contributed by atoms with Gasteiger partial charge in [0.2, 0.25) is 0 Å². The first-order valence-corrected chi connectivity index (χ1v) is 3.45.